The molecule has 0 bridgehead atoms. The average molecular weight is 425 g/mol. The van der Waals surface area contributed by atoms with Crippen molar-refractivity contribution in [1.29, 1.82) is 0 Å². The zero-order valence-corrected chi connectivity index (χ0v) is 18.3. The third-order valence-corrected chi connectivity index (χ3v) is 5.52. The molecule has 0 atom stereocenters. The van der Waals surface area contributed by atoms with E-state index in [0.717, 1.165) is 17.7 Å². The van der Waals surface area contributed by atoms with Crippen LogP contribution in [-0.2, 0) is 22.6 Å². The van der Waals surface area contributed by atoms with Gasteiger partial charge in [-0.05, 0) is 48.7 Å². The van der Waals surface area contributed by atoms with Crippen molar-refractivity contribution in [1.82, 2.24) is 4.98 Å². The number of nitrogens with zero attached hydrogens (tertiary/aromatic N) is 2. The minimum atomic E-state index is -0.457. The van der Waals surface area contributed by atoms with Crippen molar-refractivity contribution in [3.8, 4) is 5.75 Å². The fourth-order valence-electron chi connectivity index (χ4n) is 2.94. The number of aromatic nitrogens is 1. The summed E-state index contributed by atoms with van der Waals surface area (Å²) in [5.41, 5.74) is 3.88. The number of amides is 1. The van der Waals surface area contributed by atoms with Crippen LogP contribution in [0.4, 0.5) is 10.8 Å². The number of rotatable bonds is 7. The number of thiazole rings is 1. The topological polar surface area (TPSA) is 68.7 Å². The smallest absolute Gasteiger partial charge is 0.338 e. The first-order chi connectivity index (χ1) is 14.4. The quantitative estimate of drug-likeness (QED) is 0.496. The maximum atomic E-state index is 12.4. The number of esters is 1. The van der Waals surface area contributed by atoms with E-state index in [1.165, 1.54) is 23.8 Å². The van der Waals surface area contributed by atoms with Crippen molar-refractivity contribution < 1.29 is 19.1 Å². The minimum Gasteiger partial charge on any atom is -0.496 e. The van der Waals surface area contributed by atoms with Crippen LogP contribution in [0.5, 0.6) is 5.75 Å². The Hall–Kier alpha value is -3.19. The van der Waals surface area contributed by atoms with Crippen LogP contribution >= 0.6 is 11.3 Å². The average Bonchev–Trinajstić information content (AvgIpc) is 3.21. The Labute approximate surface area is 180 Å². The molecule has 30 heavy (non-hydrogen) atoms. The van der Waals surface area contributed by atoms with Crippen molar-refractivity contribution in [2.75, 3.05) is 12.0 Å². The van der Waals surface area contributed by atoms with E-state index in [0.29, 0.717) is 22.1 Å². The van der Waals surface area contributed by atoms with Gasteiger partial charge in [0.05, 0.1) is 24.1 Å². The van der Waals surface area contributed by atoms with Crippen LogP contribution in [-0.4, -0.2) is 24.0 Å². The third-order valence-electron chi connectivity index (χ3n) is 4.64. The Morgan fingerprint density at radius 2 is 1.87 bits per heavy atom. The van der Waals surface area contributed by atoms with E-state index < -0.39 is 5.97 Å². The van der Waals surface area contributed by atoms with Gasteiger partial charge in [0.1, 0.15) is 12.4 Å². The molecule has 0 unspecified atom stereocenters. The molecule has 1 heterocycles. The molecule has 3 rings (SSSR count). The zero-order valence-electron chi connectivity index (χ0n) is 17.5. The molecule has 0 saturated heterocycles. The van der Waals surface area contributed by atoms with Gasteiger partial charge in [-0.15, -0.1) is 11.3 Å². The highest BCUT2D eigenvalue weighted by Gasteiger charge is 2.19. The molecule has 0 saturated carbocycles. The van der Waals surface area contributed by atoms with Gasteiger partial charge in [-0.25, -0.2) is 9.78 Å². The number of hydrogen-bond donors (Lipinski definition) is 0. The lowest BCUT2D eigenvalue weighted by molar-refractivity contribution is -0.115. The second-order valence-corrected chi connectivity index (χ2v) is 7.59. The van der Waals surface area contributed by atoms with E-state index in [9.17, 15) is 9.59 Å². The maximum Gasteiger partial charge on any atom is 0.338 e. The Bertz CT molecular complexity index is 1040. The van der Waals surface area contributed by atoms with Gasteiger partial charge in [-0.2, -0.15) is 0 Å². The Morgan fingerprint density at radius 1 is 1.13 bits per heavy atom. The van der Waals surface area contributed by atoms with Crippen LogP contribution in [0.15, 0.2) is 47.8 Å². The molecule has 0 spiro atoms. The van der Waals surface area contributed by atoms with Crippen LogP contribution in [0.25, 0.3) is 0 Å². The van der Waals surface area contributed by atoms with Gasteiger partial charge in [0.15, 0.2) is 5.13 Å². The molecule has 2 aromatic carbocycles. The highest BCUT2D eigenvalue weighted by atomic mass is 32.1. The summed E-state index contributed by atoms with van der Waals surface area (Å²) in [5.74, 6) is 0.0388. The number of anilines is 2. The van der Waals surface area contributed by atoms with Crippen molar-refractivity contribution in [2.24, 2.45) is 0 Å². The summed E-state index contributed by atoms with van der Waals surface area (Å²) in [6.45, 7) is 5.51. The predicted octanol–water partition coefficient (Wildman–Crippen LogP) is 5.06. The summed E-state index contributed by atoms with van der Waals surface area (Å²) in [7, 11) is 1.56. The van der Waals surface area contributed by atoms with Crippen molar-refractivity contribution in [2.45, 2.75) is 33.8 Å². The second kappa shape index (κ2) is 9.54. The molecule has 0 radical (unpaired) electrons. The van der Waals surface area contributed by atoms with Crippen LogP contribution < -0.4 is 9.64 Å². The Balaban J connectivity index is 1.71. The summed E-state index contributed by atoms with van der Waals surface area (Å²) in [4.78, 5) is 30.6. The number of methoxy groups -OCH3 is 1. The maximum absolute atomic E-state index is 12.4. The molecular formula is C23H24N2O4S. The SMILES string of the molecule is CCc1ccc(N(C(C)=O)c2nc(COC(=O)c3ccc(C)c(OC)c3)cs2)cc1. The molecule has 7 heteroatoms. The molecule has 1 amide bonds. The largest absolute Gasteiger partial charge is 0.496 e. The Morgan fingerprint density at radius 3 is 2.50 bits per heavy atom. The second-order valence-electron chi connectivity index (χ2n) is 6.76. The van der Waals surface area contributed by atoms with Crippen molar-refractivity contribution in [3.05, 3.63) is 70.2 Å². The van der Waals surface area contributed by atoms with Gasteiger partial charge in [-0.1, -0.05) is 25.1 Å². The summed E-state index contributed by atoms with van der Waals surface area (Å²) in [6, 6.07) is 13.0. The lowest BCUT2D eigenvalue weighted by Crippen LogP contribution is -2.22. The molecule has 0 aliphatic heterocycles. The lowest BCUT2D eigenvalue weighted by atomic mass is 10.1. The number of ether oxygens (including phenoxy) is 2. The fraction of sp³-hybridized carbons (Fsp3) is 0.261. The lowest BCUT2D eigenvalue weighted by Gasteiger charge is -2.18. The fourth-order valence-corrected chi connectivity index (χ4v) is 3.81. The molecule has 0 aliphatic carbocycles. The van der Waals surface area contributed by atoms with Gasteiger partial charge < -0.3 is 9.47 Å². The predicted molar refractivity (Wildman–Crippen MR) is 118 cm³/mol. The van der Waals surface area contributed by atoms with E-state index in [4.69, 9.17) is 9.47 Å². The van der Waals surface area contributed by atoms with Crippen molar-refractivity contribution >= 4 is 34.0 Å². The van der Waals surface area contributed by atoms with Gasteiger partial charge in [-0.3, -0.25) is 9.69 Å². The highest BCUT2D eigenvalue weighted by Crippen LogP contribution is 2.29. The number of aryl methyl sites for hydroxylation is 2. The number of carbonyl (C=O) groups excluding carboxylic acids is 2. The van der Waals surface area contributed by atoms with Gasteiger partial charge in [0.2, 0.25) is 5.91 Å². The zero-order chi connectivity index (χ0) is 21.7. The monoisotopic (exact) mass is 424 g/mol. The van der Waals surface area contributed by atoms with E-state index in [-0.39, 0.29) is 12.5 Å². The molecule has 1 aromatic heterocycles. The van der Waals surface area contributed by atoms with E-state index in [1.54, 1.807) is 29.5 Å². The summed E-state index contributed by atoms with van der Waals surface area (Å²) in [5, 5.41) is 2.32. The van der Waals surface area contributed by atoms with Crippen LogP contribution in [0, 0.1) is 6.92 Å². The van der Waals surface area contributed by atoms with E-state index in [1.807, 2.05) is 37.3 Å². The molecule has 6 nitrogen and oxygen atoms in total. The molecule has 0 fully saturated rings. The first kappa shape index (κ1) is 21.5. The first-order valence-corrected chi connectivity index (χ1v) is 10.5. The molecule has 3 aromatic rings. The number of benzene rings is 2. The molecule has 156 valence electrons. The summed E-state index contributed by atoms with van der Waals surface area (Å²) in [6.07, 6.45) is 0.931. The van der Waals surface area contributed by atoms with E-state index >= 15 is 0 Å². The van der Waals surface area contributed by atoms with Crippen LogP contribution in [0.1, 0.15) is 41.0 Å². The standard InChI is InChI=1S/C23H24N2O4S/c1-5-17-7-10-20(11-8-17)25(16(3)26)23-24-19(14-30-23)13-29-22(27)18-9-6-15(2)21(12-18)28-4/h6-12,14H,5,13H2,1-4H3. The van der Waals surface area contributed by atoms with Crippen LogP contribution in [0.3, 0.4) is 0 Å². The van der Waals surface area contributed by atoms with Gasteiger partial charge in [0.25, 0.3) is 0 Å². The normalized spacial score (nSPS) is 10.5. The first-order valence-electron chi connectivity index (χ1n) is 9.58. The van der Waals surface area contributed by atoms with Crippen LogP contribution in [0.2, 0.25) is 0 Å². The molecular weight excluding hydrogens is 400 g/mol. The van der Waals surface area contributed by atoms with Gasteiger partial charge in [0, 0.05) is 12.3 Å². The highest BCUT2D eigenvalue weighted by molar-refractivity contribution is 7.14. The van der Waals surface area contributed by atoms with E-state index in [2.05, 4.69) is 11.9 Å². The number of hydrogen-bond acceptors (Lipinski definition) is 6. The molecule has 0 N–H and O–H groups in total. The summed E-state index contributed by atoms with van der Waals surface area (Å²) < 4.78 is 10.6. The Kier molecular flexibility index (Phi) is 6.84. The minimum absolute atomic E-state index is 0.0199. The van der Waals surface area contributed by atoms with Crippen molar-refractivity contribution in [3.63, 3.8) is 0 Å². The third kappa shape index (κ3) is 4.86. The summed E-state index contributed by atoms with van der Waals surface area (Å²) >= 11 is 1.33. The molecule has 0 aliphatic rings. The van der Waals surface area contributed by atoms with Gasteiger partial charge >= 0.3 is 5.97 Å². The number of carbonyl (C=O) groups is 2.